The number of carbonyl (C=O) groups excluding carboxylic acids is 1. The number of pyridine rings is 1. The van der Waals surface area contributed by atoms with E-state index in [4.69, 9.17) is 5.73 Å². The first-order chi connectivity index (χ1) is 21.3. The summed E-state index contributed by atoms with van der Waals surface area (Å²) in [5.74, 6) is -0.0656. The van der Waals surface area contributed by atoms with Gasteiger partial charge in [0.25, 0.3) is 0 Å². The van der Waals surface area contributed by atoms with Crippen LogP contribution in [0.3, 0.4) is 0 Å². The molecule has 0 aliphatic carbocycles. The van der Waals surface area contributed by atoms with Gasteiger partial charge in [0.2, 0.25) is 15.9 Å². The van der Waals surface area contributed by atoms with Crippen molar-refractivity contribution in [1.29, 1.82) is 0 Å². The van der Waals surface area contributed by atoms with E-state index in [0.29, 0.717) is 56.7 Å². The van der Waals surface area contributed by atoms with E-state index in [1.165, 1.54) is 6.20 Å². The molecule has 0 bridgehead atoms. The lowest BCUT2D eigenvalue weighted by Crippen LogP contribution is -2.51. The average molecular weight is 625 g/mol. The van der Waals surface area contributed by atoms with Gasteiger partial charge in [-0.2, -0.15) is 4.72 Å². The standard InChI is InChI=1S/C33H45FN6O3S/c1-2-17-36-23-29(21-26-6-4-3-5-7-26)38-30-13-18-37-24-32(30)44(42,43)39-31(22-27-8-10-28(35)11-9-27)33(41)40-19-14-25(12-16-34)15-20-40/h3-11,13,18,24-25,29,31,36,39H,2,12,14-17,19-23,35H2,1H3,(H,37,38)/t29-,31-/m0/s1. The Morgan fingerprint density at radius 3 is 2.43 bits per heavy atom. The van der Waals surface area contributed by atoms with Gasteiger partial charge >= 0.3 is 0 Å². The van der Waals surface area contributed by atoms with Gasteiger partial charge in [-0.05, 0) is 80.3 Å². The fourth-order valence-electron chi connectivity index (χ4n) is 5.60. The van der Waals surface area contributed by atoms with Crippen LogP contribution >= 0.6 is 0 Å². The number of hydrogen-bond donors (Lipinski definition) is 4. The van der Waals surface area contributed by atoms with Crippen molar-refractivity contribution < 1.29 is 17.6 Å². The minimum atomic E-state index is -4.18. The van der Waals surface area contributed by atoms with Crippen LogP contribution in [-0.4, -0.2) is 69.1 Å². The van der Waals surface area contributed by atoms with Crippen molar-refractivity contribution in [1.82, 2.24) is 19.9 Å². The van der Waals surface area contributed by atoms with Crippen LogP contribution in [0.2, 0.25) is 0 Å². The largest absolute Gasteiger partial charge is 0.399 e. The molecule has 9 nitrogen and oxygen atoms in total. The summed E-state index contributed by atoms with van der Waals surface area (Å²) in [6.45, 7) is 4.13. The maximum absolute atomic E-state index is 14.0. The molecule has 44 heavy (non-hydrogen) atoms. The predicted molar refractivity (Wildman–Crippen MR) is 174 cm³/mol. The van der Waals surface area contributed by atoms with Crippen LogP contribution < -0.4 is 21.1 Å². The number of benzene rings is 2. The van der Waals surface area contributed by atoms with Crippen LogP contribution in [0.4, 0.5) is 15.8 Å². The maximum atomic E-state index is 14.0. The Hall–Kier alpha value is -3.54. The highest BCUT2D eigenvalue weighted by Crippen LogP contribution is 2.25. The number of rotatable bonds is 16. The summed E-state index contributed by atoms with van der Waals surface area (Å²) < 4.78 is 43.6. The number of carbonyl (C=O) groups is 1. The number of piperidine rings is 1. The average Bonchev–Trinajstić information content (AvgIpc) is 3.03. The lowest BCUT2D eigenvalue weighted by atomic mass is 9.93. The lowest BCUT2D eigenvalue weighted by Gasteiger charge is -2.34. The van der Waals surface area contributed by atoms with Gasteiger partial charge in [-0.15, -0.1) is 0 Å². The van der Waals surface area contributed by atoms with Crippen LogP contribution in [-0.2, 0) is 27.7 Å². The van der Waals surface area contributed by atoms with Gasteiger partial charge in [0.15, 0.2) is 0 Å². The van der Waals surface area contributed by atoms with Crippen LogP contribution in [0.15, 0.2) is 78.0 Å². The molecule has 0 saturated carbocycles. The minimum absolute atomic E-state index is 0.0229. The maximum Gasteiger partial charge on any atom is 0.244 e. The Morgan fingerprint density at radius 1 is 1.05 bits per heavy atom. The summed E-state index contributed by atoms with van der Waals surface area (Å²) in [7, 11) is -4.18. The third-order valence-corrected chi connectivity index (χ3v) is 9.53. The topological polar surface area (TPSA) is 129 Å². The smallest absolute Gasteiger partial charge is 0.244 e. The fraction of sp³-hybridized carbons (Fsp3) is 0.455. The van der Waals surface area contributed by atoms with Crippen molar-refractivity contribution in [3.8, 4) is 0 Å². The van der Waals surface area contributed by atoms with E-state index in [-0.39, 0.29) is 35.9 Å². The first-order valence-electron chi connectivity index (χ1n) is 15.5. The number of sulfonamides is 1. The van der Waals surface area contributed by atoms with Crippen molar-refractivity contribution in [3.63, 3.8) is 0 Å². The van der Waals surface area contributed by atoms with Crippen LogP contribution in [0.25, 0.3) is 0 Å². The molecule has 0 radical (unpaired) electrons. The Kier molecular flexibility index (Phi) is 12.5. The van der Waals surface area contributed by atoms with Gasteiger partial charge < -0.3 is 21.3 Å². The number of halogens is 1. The zero-order chi connectivity index (χ0) is 31.4. The van der Waals surface area contributed by atoms with Crippen molar-refractivity contribution in [2.24, 2.45) is 5.92 Å². The Labute approximate surface area is 260 Å². The van der Waals surface area contributed by atoms with E-state index < -0.39 is 16.1 Å². The second kappa shape index (κ2) is 16.5. The van der Waals surface area contributed by atoms with E-state index in [0.717, 1.165) is 24.1 Å². The van der Waals surface area contributed by atoms with E-state index in [2.05, 4.69) is 27.3 Å². The summed E-state index contributed by atoms with van der Waals surface area (Å²) in [5.41, 5.74) is 8.76. The van der Waals surface area contributed by atoms with Crippen LogP contribution in [0.5, 0.6) is 0 Å². The molecule has 1 saturated heterocycles. The number of aromatic nitrogens is 1. The predicted octanol–water partition coefficient (Wildman–Crippen LogP) is 4.17. The Morgan fingerprint density at radius 2 is 1.75 bits per heavy atom. The van der Waals surface area contributed by atoms with Crippen molar-refractivity contribution in [3.05, 3.63) is 84.2 Å². The Bertz CT molecular complexity index is 1420. The highest BCUT2D eigenvalue weighted by Gasteiger charge is 2.33. The number of alkyl halides is 1. The van der Waals surface area contributed by atoms with E-state index in [1.54, 1.807) is 41.4 Å². The summed E-state index contributed by atoms with van der Waals surface area (Å²) in [4.78, 5) is 19.6. The summed E-state index contributed by atoms with van der Waals surface area (Å²) >= 11 is 0. The second-order valence-electron chi connectivity index (χ2n) is 11.5. The fourth-order valence-corrected chi connectivity index (χ4v) is 6.90. The molecular weight excluding hydrogens is 579 g/mol. The summed E-state index contributed by atoms with van der Waals surface area (Å²) in [5, 5.41) is 6.87. The molecule has 2 atom stereocenters. The number of hydrogen-bond acceptors (Lipinski definition) is 7. The van der Waals surface area contributed by atoms with Crippen molar-refractivity contribution >= 4 is 27.3 Å². The quantitative estimate of drug-likeness (QED) is 0.139. The van der Waals surface area contributed by atoms with E-state index in [1.807, 2.05) is 30.3 Å². The molecule has 1 aliphatic rings. The molecule has 11 heteroatoms. The van der Waals surface area contributed by atoms with Gasteiger partial charge in [0.05, 0.1) is 12.4 Å². The SMILES string of the molecule is CCCNC[C@H](Cc1ccccc1)Nc1ccncc1S(=O)(=O)N[C@@H](Cc1ccc(N)cc1)C(=O)N1CCC(CCF)CC1. The zero-order valence-electron chi connectivity index (χ0n) is 25.4. The van der Waals surface area contributed by atoms with Gasteiger partial charge in [-0.3, -0.25) is 14.2 Å². The molecule has 0 spiro atoms. The molecule has 3 aromatic rings. The van der Waals surface area contributed by atoms with Crippen molar-refractivity contribution in [2.75, 3.05) is 43.9 Å². The molecule has 2 heterocycles. The number of likely N-dealkylation sites (tertiary alicyclic amines) is 1. The number of nitrogens with two attached hydrogens (primary N) is 1. The number of nitrogens with one attached hydrogen (secondary N) is 3. The molecule has 4 rings (SSSR count). The first-order valence-corrected chi connectivity index (χ1v) is 16.9. The Balaban J connectivity index is 1.57. The molecule has 1 amide bonds. The monoisotopic (exact) mass is 624 g/mol. The van der Waals surface area contributed by atoms with E-state index >= 15 is 0 Å². The number of amides is 1. The lowest BCUT2D eigenvalue weighted by molar-refractivity contribution is -0.134. The molecule has 5 N–H and O–H groups in total. The van der Waals surface area contributed by atoms with E-state index in [9.17, 15) is 17.6 Å². The molecule has 2 aromatic carbocycles. The van der Waals surface area contributed by atoms with Gasteiger partial charge in [-0.25, -0.2) is 8.42 Å². The number of nitrogens with zero attached hydrogens (tertiary/aromatic N) is 2. The third kappa shape index (κ3) is 9.73. The molecule has 238 valence electrons. The number of anilines is 2. The van der Waals surface area contributed by atoms with Gasteiger partial charge in [0.1, 0.15) is 10.9 Å². The second-order valence-corrected chi connectivity index (χ2v) is 13.2. The van der Waals surface area contributed by atoms with Gasteiger partial charge in [0, 0.05) is 43.8 Å². The zero-order valence-corrected chi connectivity index (χ0v) is 26.2. The summed E-state index contributed by atoms with van der Waals surface area (Å²) in [6.07, 6.45) is 6.57. The minimum Gasteiger partial charge on any atom is -0.399 e. The highest BCUT2D eigenvalue weighted by atomic mass is 32.2. The number of nitrogen functional groups attached to an aromatic ring is 1. The van der Waals surface area contributed by atoms with Gasteiger partial charge in [-0.1, -0.05) is 49.4 Å². The molecule has 1 aromatic heterocycles. The highest BCUT2D eigenvalue weighted by molar-refractivity contribution is 7.89. The molecule has 1 fully saturated rings. The summed E-state index contributed by atoms with van der Waals surface area (Å²) in [6, 6.07) is 17.6. The molecule has 1 aliphatic heterocycles. The van der Waals surface area contributed by atoms with Crippen LogP contribution in [0.1, 0.15) is 43.7 Å². The first kappa shape index (κ1) is 33.4. The van der Waals surface area contributed by atoms with Crippen molar-refractivity contribution in [2.45, 2.75) is 62.4 Å². The molecular formula is C33H45FN6O3S. The normalized spacial score (nSPS) is 15.5. The third-order valence-electron chi connectivity index (χ3n) is 8.03. The van der Waals surface area contributed by atoms with Crippen LogP contribution in [0, 0.1) is 5.92 Å². The molecule has 0 unspecified atom stereocenters.